The van der Waals surface area contributed by atoms with Crippen molar-refractivity contribution in [3.63, 3.8) is 0 Å². The Balaban J connectivity index is 1.52. The summed E-state index contributed by atoms with van der Waals surface area (Å²) in [6.45, 7) is -0.496. The molecule has 3 N–H and O–H groups in total. The fourth-order valence-corrected chi connectivity index (χ4v) is 3.43. The van der Waals surface area contributed by atoms with Crippen LogP contribution < -0.4 is 10.6 Å². The van der Waals surface area contributed by atoms with Crippen LogP contribution in [0.3, 0.4) is 0 Å². The first kappa shape index (κ1) is 22.8. The summed E-state index contributed by atoms with van der Waals surface area (Å²) in [5.74, 6) is -1.88. The van der Waals surface area contributed by atoms with Crippen LogP contribution in [0.4, 0.5) is 15.8 Å². The number of rotatable bonds is 8. The molecule has 0 saturated heterocycles. The highest BCUT2D eigenvalue weighted by molar-refractivity contribution is 8.00. The van der Waals surface area contributed by atoms with Gasteiger partial charge >= 0.3 is 5.97 Å². The van der Waals surface area contributed by atoms with Gasteiger partial charge in [0.15, 0.2) is 6.61 Å². The molecule has 0 heterocycles. The number of esters is 1. The van der Waals surface area contributed by atoms with Crippen LogP contribution in [-0.2, 0) is 14.3 Å². The molecule has 3 aromatic carbocycles. The summed E-state index contributed by atoms with van der Waals surface area (Å²) in [6, 6.07) is 17.8. The average Bonchev–Trinajstić information content (AvgIpc) is 2.79. The van der Waals surface area contributed by atoms with Crippen molar-refractivity contribution >= 4 is 40.9 Å². The first-order valence-electron chi connectivity index (χ1n) is 9.44. The number of phenols is 1. The molecule has 0 aromatic heterocycles. The fraction of sp³-hybridized carbons (Fsp3) is 0.0870. The van der Waals surface area contributed by atoms with Crippen molar-refractivity contribution < 1.29 is 28.6 Å². The Labute approximate surface area is 187 Å². The molecule has 164 valence electrons. The van der Waals surface area contributed by atoms with Gasteiger partial charge in [-0.05, 0) is 60.7 Å². The maximum Gasteiger partial charge on any atom is 0.339 e. The highest BCUT2D eigenvalue weighted by Gasteiger charge is 2.16. The predicted octanol–water partition coefficient (Wildman–Crippen LogP) is 4.06. The lowest BCUT2D eigenvalue weighted by Gasteiger charge is -2.10. The van der Waals surface area contributed by atoms with Gasteiger partial charge in [-0.25, -0.2) is 9.18 Å². The van der Waals surface area contributed by atoms with Gasteiger partial charge in [0.1, 0.15) is 11.6 Å². The zero-order chi connectivity index (χ0) is 22.9. The standard InChI is InChI=1S/C23H19FN2O5S/c24-15-5-7-16(8-6-15)26-22(29)14-32-20-4-2-1-3-19(20)23(30)31-13-21(28)25-17-9-11-18(27)12-10-17/h1-12,27H,13-14H2,(H,25,28)(H,26,29). The molecule has 0 radical (unpaired) electrons. The summed E-state index contributed by atoms with van der Waals surface area (Å²) in [6.07, 6.45) is 0. The van der Waals surface area contributed by atoms with Crippen LogP contribution in [-0.4, -0.2) is 35.2 Å². The normalized spacial score (nSPS) is 10.3. The Morgan fingerprint density at radius 2 is 1.44 bits per heavy atom. The van der Waals surface area contributed by atoms with E-state index in [4.69, 9.17) is 4.74 Å². The summed E-state index contributed by atoms with van der Waals surface area (Å²) in [4.78, 5) is 37.1. The second kappa shape index (κ2) is 11.0. The van der Waals surface area contributed by atoms with Gasteiger partial charge in [-0.2, -0.15) is 0 Å². The molecule has 0 saturated carbocycles. The van der Waals surface area contributed by atoms with Crippen molar-refractivity contribution in [1.82, 2.24) is 0 Å². The number of benzene rings is 3. The van der Waals surface area contributed by atoms with Crippen LogP contribution in [0.15, 0.2) is 77.7 Å². The average molecular weight is 454 g/mol. The third-order valence-electron chi connectivity index (χ3n) is 4.08. The predicted molar refractivity (Wildman–Crippen MR) is 119 cm³/mol. The molecule has 3 rings (SSSR count). The molecule has 0 spiro atoms. The zero-order valence-electron chi connectivity index (χ0n) is 16.7. The number of carbonyl (C=O) groups is 3. The Hall–Kier alpha value is -3.85. The molecular formula is C23H19FN2O5S. The van der Waals surface area contributed by atoms with Gasteiger partial charge in [0, 0.05) is 16.3 Å². The van der Waals surface area contributed by atoms with Gasteiger partial charge in [-0.3, -0.25) is 9.59 Å². The molecule has 32 heavy (non-hydrogen) atoms. The van der Waals surface area contributed by atoms with Gasteiger partial charge in [-0.1, -0.05) is 12.1 Å². The third-order valence-corrected chi connectivity index (χ3v) is 5.15. The van der Waals surface area contributed by atoms with Crippen LogP contribution in [0.25, 0.3) is 0 Å². The molecule has 0 aliphatic carbocycles. The summed E-state index contributed by atoms with van der Waals surface area (Å²) < 4.78 is 18.0. The quantitative estimate of drug-likeness (QED) is 0.269. The largest absolute Gasteiger partial charge is 0.508 e. The number of carbonyl (C=O) groups excluding carboxylic acids is 3. The minimum absolute atomic E-state index is 0.0169. The van der Waals surface area contributed by atoms with E-state index >= 15 is 0 Å². The Kier molecular flexibility index (Phi) is 7.82. The smallest absolute Gasteiger partial charge is 0.339 e. The maximum atomic E-state index is 13.0. The molecular weight excluding hydrogens is 435 g/mol. The number of hydrogen-bond acceptors (Lipinski definition) is 6. The minimum Gasteiger partial charge on any atom is -0.508 e. The first-order chi connectivity index (χ1) is 15.4. The second-order valence-electron chi connectivity index (χ2n) is 6.51. The number of thioether (sulfide) groups is 1. The van der Waals surface area contributed by atoms with E-state index in [1.165, 1.54) is 48.5 Å². The van der Waals surface area contributed by atoms with E-state index in [1.54, 1.807) is 24.3 Å². The molecule has 3 aromatic rings. The molecule has 2 amide bonds. The second-order valence-corrected chi connectivity index (χ2v) is 7.53. The van der Waals surface area contributed by atoms with Gasteiger partial charge < -0.3 is 20.5 Å². The Bertz CT molecular complexity index is 1100. The highest BCUT2D eigenvalue weighted by Crippen LogP contribution is 2.24. The summed E-state index contributed by atoms with van der Waals surface area (Å²) in [5, 5.41) is 14.5. The number of nitrogens with one attached hydrogen (secondary N) is 2. The molecule has 9 heteroatoms. The van der Waals surface area contributed by atoms with E-state index in [1.807, 2.05) is 0 Å². The Morgan fingerprint density at radius 1 is 0.844 bits per heavy atom. The third kappa shape index (κ3) is 6.85. The highest BCUT2D eigenvalue weighted by atomic mass is 32.2. The molecule has 0 aliphatic heterocycles. The molecule has 0 aliphatic rings. The van der Waals surface area contributed by atoms with E-state index in [9.17, 15) is 23.9 Å². The van der Waals surface area contributed by atoms with Gasteiger partial charge in [0.05, 0.1) is 11.3 Å². The number of anilines is 2. The van der Waals surface area contributed by atoms with Crippen molar-refractivity contribution in [3.05, 3.63) is 84.2 Å². The van der Waals surface area contributed by atoms with E-state index in [2.05, 4.69) is 10.6 Å². The van der Waals surface area contributed by atoms with Crippen LogP contribution in [0.1, 0.15) is 10.4 Å². The number of ether oxygens (including phenoxy) is 1. The minimum atomic E-state index is -0.701. The monoisotopic (exact) mass is 454 g/mol. The van der Waals surface area contributed by atoms with Crippen molar-refractivity contribution in [1.29, 1.82) is 0 Å². The Morgan fingerprint density at radius 3 is 2.12 bits per heavy atom. The number of amides is 2. The van der Waals surface area contributed by atoms with Crippen LogP contribution in [0.2, 0.25) is 0 Å². The molecule has 0 atom stereocenters. The van der Waals surface area contributed by atoms with Crippen molar-refractivity contribution in [2.24, 2.45) is 0 Å². The molecule has 0 unspecified atom stereocenters. The number of phenolic OH excluding ortho intramolecular Hbond substituents is 1. The topological polar surface area (TPSA) is 105 Å². The van der Waals surface area contributed by atoms with Crippen LogP contribution >= 0.6 is 11.8 Å². The van der Waals surface area contributed by atoms with Gasteiger partial charge in [0.25, 0.3) is 5.91 Å². The summed E-state index contributed by atoms with van der Waals surface area (Å²) >= 11 is 1.13. The lowest BCUT2D eigenvalue weighted by atomic mass is 10.2. The van der Waals surface area contributed by atoms with E-state index in [0.29, 0.717) is 16.3 Å². The molecule has 0 bridgehead atoms. The van der Waals surface area contributed by atoms with Crippen molar-refractivity contribution in [2.75, 3.05) is 23.0 Å². The van der Waals surface area contributed by atoms with Crippen molar-refractivity contribution in [3.8, 4) is 5.75 Å². The first-order valence-corrected chi connectivity index (χ1v) is 10.4. The lowest BCUT2D eigenvalue weighted by molar-refractivity contribution is -0.119. The molecule has 0 fully saturated rings. The molecule has 7 nitrogen and oxygen atoms in total. The number of hydrogen-bond donors (Lipinski definition) is 3. The maximum absolute atomic E-state index is 13.0. The summed E-state index contributed by atoms with van der Waals surface area (Å²) in [5.41, 5.74) is 1.14. The van der Waals surface area contributed by atoms with Gasteiger partial charge in [-0.15, -0.1) is 11.8 Å². The van der Waals surface area contributed by atoms with Gasteiger partial charge in [0.2, 0.25) is 5.91 Å². The van der Waals surface area contributed by atoms with E-state index < -0.39 is 24.3 Å². The lowest BCUT2D eigenvalue weighted by Crippen LogP contribution is -2.21. The number of halogens is 1. The van der Waals surface area contributed by atoms with E-state index in [0.717, 1.165) is 11.8 Å². The SMILES string of the molecule is O=C(COC(=O)c1ccccc1SCC(=O)Nc1ccc(F)cc1)Nc1ccc(O)cc1. The zero-order valence-corrected chi connectivity index (χ0v) is 17.5. The fourth-order valence-electron chi connectivity index (χ4n) is 2.59. The van der Waals surface area contributed by atoms with Crippen molar-refractivity contribution in [2.45, 2.75) is 4.90 Å². The van der Waals surface area contributed by atoms with Crippen LogP contribution in [0, 0.1) is 5.82 Å². The number of aromatic hydroxyl groups is 1. The van der Waals surface area contributed by atoms with E-state index in [-0.39, 0.29) is 23.0 Å². The van der Waals surface area contributed by atoms with Crippen LogP contribution in [0.5, 0.6) is 5.75 Å². The summed E-state index contributed by atoms with van der Waals surface area (Å²) in [7, 11) is 0.